The van der Waals surface area contributed by atoms with Gasteiger partial charge in [-0.15, -0.1) is 0 Å². The van der Waals surface area contributed by atoms with Gasteiger partial charge in [-0.25, -0.2) is 28.2 Å². The molecule has 0 fully saturated rings. The Labute approximate surface area is 215 Å². The number of phosphoric acid groups is 1. The number of imidazole rings is 1. The first-order valence-electron chi connectivity index (χ1n) is 11.8. The van der Waals surface area contributed by atoms with Crippen molar-refractivity contribution < 1.29 is 28.4 Å². The van der Waals surface area contributed by atoms with Crippen LogP contribution < -0.4 is 11.2 Å². The fourth-order valence-electron chi connectivity index (χ4n) is 4.09. The summed E-state index contributed by atoms with van der Waals surface area (Å²) < 4.78 is 24.9. The molecule has 202 valence electrons. The molecule has 0 aliphatic carbocycles. The molecule has 0 unspecified atom stereocenters. The van der Waals surface area contributed by atoms with Crippen molar-refractivity contribution in [3.05, 3.63) is 68.6 Å². The van der Waals surface area contributed by atoms with Crippen LogP contribution >= 0.6 is 7.82 Å². The van der Waals surface area contributed by atoms with Gasteiger partial charge in [0.2, 0.25) is 6.79 Å². The molecule has 0 radical (unpaired) electrons. The van der Waals surface area contributed by atoms with Crippen LogP contribution in [0.4, 0.5) is 4.79 Å². The first kappa shape index (κ1) is 27.2. The van der Waals surface area contributed by atoms with Crippen LogP contribution in [0.15, 0.2) is 46.2 Å². The number of ether oxygens (including phenoxy) is 1. The lowest BCUT2D eigenvalue weighted by Crippen LogP contribution is -2.40. The average molecular weight is 546 g/mol. The van der Waals surface area contributed by atoms with Gasteiger partial charge in [0.05, 0.1) is 18.3 Å². The molecule has 0 saturated carbocycles. The zero-order valence-electron chi connectivity index (χ0n) is 21.0. The summed E-state index contributed by atoms with van der Waals surface area (Å²) >= 11 is 0. The van der Waals surface area contributed by atoms with Gasteiger partial charge < -0.3 is 14.5 Å². The van der Waals surface area contributed by atoms with E-state index in [0.717, 1.165) is 20.3 Å². The minimum Gasteiger partial charge on any atom is -0.421 e. The van der Waals surface area contributed by atoms with Crippen LogP contribution in [0, 0.1) is 6.92 Å². The van der Waals surface area contributed by atoms with E-state index in [2.05, 4.69) is 14.6 Å². The van der Waals surface area contributed by atoms with E-state index in [1.165, 1.54) is 10.8 Å². The van der Waals surface area contributed by atoms with Crippen molar-refractivity contribution in [1.29, 1.82) is 0 Å². The van der Waals surface area contributed by atoms with E-state index in [1.54, 1.807) is 24.7 Å². The highest BCUT2D eigenvalue weighted by atomic mass is 31.2. The van der Waals surface area contributed by atoms with Gasteiger partial charge in [-0.05, 0) is 25.8 Å². The van der Waals surface area contributed by atoms with Gasteiger partial charge in [0.25, 0.3) is 5.56 Å². The normalized spacial score (nSPS) is 11.8. The van der Waals surface area contributed by atoms with Crippen molar-refractivity contribution in [3.63, 3.8) is 0 Å². The van der Waals surface area contributed by atoms with Gasteiger partial charge in [-0.1, -0.05) is 36.8 Å². The zero-order chi connectivity index (χ0) is 27.6. The molecular weight excluding hydrogens is 519 g/mol. The maximum Gasteiger partial charge on any atom is 0.472 e. The molecule has 0 bridgehead atoms. The van der Waals surface area contributed by atoms with Crippen LogP contribution in [-0.4, -0.2) is 51.1 Å². The van der Waals surface area contributed by atoms with Crippen LogP contribution in [0.3, 0.4) is 0 Å². The van der Waals surface area contributed by atoms with Crippen molar-refractivity contribution in [2.24, 2.45) is 0 Å². The molecule has 0 aliphatic heterocycles. The first-order valence-corrected chi connectivity index (χ1v) is 13.3. The average Bonchev–Trinajstić information content (AvgIpc) is 3.46. The smallest absolute Gasteiger partial charge is 0.421 e. The molecule has 3 aromatic heterocycles. The predicted molar refractivity (Wildman–Crippen MR) is 136 cm³/mol. The Balaban J connectivity index is 1.87. The number of carbonyl (C=O) groups is 1. The molecule has 2 N–H and O–H groups in total. The zero-order valence-corrected chi connectivity index (χ0v) is 21.9. The number of aromatic nitrogens is 6. The van der Waals surface area contributed by atoms with Gasteiger partial charge in [0.1, 0.15) is 0 Å². The van der Waals surface area contributed by atoms with Gasteiger partial charge in [-0.3, -0.25) is 18.6 Å². The number of rotatable bonds is 9. The van der Waals surface area contributed by atoms with Crippen LogP contribution in [0.1, 0.15) is 31.4 Å². The Hall–Kier alpha value is -3.84. The van der Waals surface area contributed by atoms with Gasteiger partial charge >= 0.3 is 19.6 Å². The Bertz CT molecular complexity index is 1660. The second-order valence-corrected chi connectivity index (χ2v) is 9.73. The minimum absolute atomic E-state index is 0.0374. The molecule has 4 aromatic rings. The summed E-state index contributed by atoms with van der Waals surface area (Å²) in [5.41, 5.74) is 0.832. The van der Waals surface area contributed by atoms with E-state index in [-0.39, 0.29) is 30.1 Å². The van der Waals surface area contributed by atoms with Crippen LogP contribution in [-0.2, 0) is 33.5 Å². The summed E-state index contributed by atoms with van der Waals surface area (Å²) in [7, 11) is -4.92. The van der Waals surface area contributed by atoms with Crippen LogP contribution in [0.5, 0.6) is 0 Å². The SMILES string of the molecule is CCCn1c(=O)c2c(nc(-c3cnn(Cc4cccc(C)c4)c3)n2C(=O)OCOP(=O)(O)O)n(CC)c1=O. The lowest BCUT2D eigenvalue weighted by molar-refractivity contribution is 0.0411. The first-order chi connectivity index (χ1) is 18.0. The van der Waals surface area contributed by atoms with Crippen molar-refractivity contribution in [3.8, 4) is 11.4 Å². The predicted octanol–water partition coefficient (Wildman–Crippen LogP) is 2.06. The second kappa shape index (κ2) is 10.9. The van der Waals surface area contributed by atoms with E-state index in [9.17, 15) is 18.9 Å². The van der Waals surface area contributed by atoms with Crippen LogP contribution in [0.25, 0.3) is 22.6 Å². The molecule has 3 heterocycles. The number of hydrogen-bond acceptors (Lipinski definition) is 8. The van der Waals surface area contributed by atoms with E-state index < -0.39 is 32.0 Å². The third kappa shape index (κ3) is 5.53. The van der Waals surface area contributed by atoms with Crippen molar-refractivity contribution in [2.75, 3.05) is 6.79 Å². The van der Waals surface area contributed by atoms with Crippen molar-refractivity contribution in [2.45, 2.75) is 46.8 Å². The van der Waals surface area contributed by atoms with E-state index >= 15 is 0 Å². The number of nitrogens with zero attached hydrogens (tertiary/aromatic N) is 6. The molecular formula is C23H27N6O8P. The summed E-state index contributed by atoms with van der Waals surface area (Å²) in [5, 5.41) is 4.34. The van der Waals surface area contributed by atoms with Crippen molar-refractivity contribution in [1.82, 2.24) is 28.5 Å². The quantitative estimate of drug-likeness (QED) is 0.234. The third-order valence-electron chi connectivity index (χ3n) is 5.69. The monoisotopic (exact) mass is 546 g/mol. The molecule has 0 atom stereocenters. The lowest BCUT2D eigenvalue weighted by atomic mass is 10.1. The van der Waals surface area contributed by atoms with Gasteiger partial charge in [0, 0.05) is 19.3 Å². The highest BCUT2D eigenvalue weighted by Gasteiger charge is 2.27. The topological polar surface area (TPSA) is 173 Å². The van der Waals surface area contributed by atoms with Gasteiger partial charge in [-0.2, -0.15) is 5.10 Å². The fourth-order valence-corrected chi connectivity index (χ4v) is 4.28. The molecule has 15 heteroatoms. The number of hydrogen-bond donors (Lipinski definition) is 2. The largest absolute Gasteiger partial charge is 0.472 e. The number of benzene rings is 1. The fraction of sp³-hybridized carbons (Fsp3) is 0.348. The van der Waals surface area contributed by atoms with E-state index in [1.807, 2.05) is 31.2 Å². The highest BCUT2D eigenvalue weighted by Crippen LogP contribution is 2.35. The maximum absolute atomic E-state index is 13.4. The molecule has 38 heavy (non-hydrogen) atoms. The summed E-state index contributed by atoms with van der Waals surface area (Å²) in [4.78, 5) is 61.8. The number of phosphoric ester groups is 1. The number of fused-ring (bicyclic) bond motifs is 1. The summed E-state index contributed by atoms with van der Waals surface area (Å²) in [6, 6.07) is 7.85. The summed E-state index contributed by atoms with van der Waals surface area (Å²) in [5.74, 6) is -0.0374. The third-order valence-corrected chi connectivity index (χ3v) is 6.13. The summed E-state index contributed by atoms with van der Waals surface area (Å²) in [6.07, 6.45) is 2.38. The molecule has 0 aliphatic rings. The summed E-state index contributed by atoms with van der Waals surface area (Å²) in [6.45, 7) is 5.09. The number of carbonyl (C=O) groups excluding carboxylic acids is 1. The Kier molecular flexibility index (Phi) is 7.78. The highest BCUT2D eigenvalue weighted by molar-refractivity contribution is 7.46. The van der Waals surface area contributed by atoms with Crippen LogP contribution in [0.2, 0.25) is 0 Å². The van der Waals surface area contributed by atoms with Gasteiger partial charge in [0.15, 0.2) is 17.0 Å². The maximum atomic E-state index is 13.4. The standard InChI is InChI=1S/C23H27N6O8P/c1-4-9-28-21(30)18-20(27(5-2)22(28)31)25-19(29(18)23(32)36-14-37-38(33,34)35)17-11-24-26(13-17)12-16-8-6-7-15(3)10-16/h6-8,10-11,13H,4-5,9,12,14H2,1-3H3,(H2,33,34,35). The number of aryl methyl sites for hydroxylation is 2. The minimum atomic E-state index is -4.92. The molecule has 14 nitrogen and oxygen atoms in total. The molecule has 0 amide bonds. The molecule has 0 saturated heterocycles. The Morgan fingerprint density at radius 1 is 1.16 bits per heavy atom. The lowest BCUT2D eigenvalue weighted by Gasteiger charge is -2.11. The Morgan fingerprint density at radius 2 is 1.92 bits per heavy atom. The van der Waals surface area contributed by atoms with E-state index in [0.29, 0.717) is 18.5 Å². The molecule has 4 rings (SSSR count). The molecule has 1 aromatic carbocycles. The van der Waals surface area contributed by atoms with Crippen molar-refractivity contribution >= 4 is 25.1 Å². The Morgan fingerprint density at radius 3 is 2.58 bits per heavy atom. The molecule has 0 spiro atoms. The van der Waals surface area contributed by atoms with E-state index in [4.69, 9.17) is 14.5 Å². The second-order valence-electron chi connectivity index (χ2n) is 8.49.